The SMILES string of the molecule is CS(=O)(=O)NC12CCC(Cn3c1nc(C(=O)NCc1ccc(F)cc1)c(O)c3=O)C2. The number of fused-ring (bicyclic) bond motifs is 4. The van der Waals surface area contributed by atoms with Gasteiger partial charge < -0.3 is 10.4 Å². The Kier molecular flexibility index (Phi) is 4.89. The van der Waals surface area contributed by atoms with E-state index in [0.717, 1.165) is 6.26 Å². The molecule has 1 aliphatic heterocycles. The summed E-state index contributed by atoms with van der Waals surface area (Å²) in [5, 5.41) is 12.9. The third-order valence-corrected chi connectivity index (χ3v) is 6.35. The van der Waals surface area contributed by atoms with Gasteiger partial charge in [0.25, 0.3) is 11.5 Å². The summed E-state index contributed by atoms with van der Waals surface area (Å²) in [6.07, 6.45) is 2.63. The van der Waals surface area contributed by atoms with Gasteiger partial charge in [0.1, 0.15) is 11.6 Å². The van der Waals surface area contributed by atoms with Crippen LogP contribution in [0.4, 0.5) is 4.39 Å². The number of carbonyl (C=O) groups excluding carboxylic acids is 1. The molecule has 1 aromatic carbocycles. The average molecular weight is 436 g/mol. The fraction of sp³-hybridized carbons (Fsp3) is 0.421. The summed E-state index contributed by atoms with van der Waals surface area (Å²) in [5.41, 5.74) is -1.71. The minimum atomic E-state index is -3.62. The monoisotopic (exact) mass is 436 g/mol. The molecule has 2 bridgehead atoms. The molecule has 0 saturated heterocycles. The second-order valence-electron chi connectivity index (χ2n) is 7.92. The molecule has 1 aromatic heterocycles. The maximum absolute atomic E-state index is 13.0. The van der Waals surface area contributed by atoms with E-state index in [9.17, 15) is 27.5 Å². The molecule has 0 radical (unpaired) electrons. The summed E-state index contributed by atoms with van der Waals surface area (Å²) in [6, 6.07) is 5.49. The summed E-state index contributed by atoms with van der Waals surface area (Å²) in [7, 11) is -3.62. The predicted molar refractivity (Wildman–Crippen MR) is 105 cm³/mol. The van der Waals surface area contributed by atoms with Crippen molar-refractivity contribution in [3.8, 4) is 5.75 Å². The van der Waals surface area contributed by atoms with E-state index in [0.29, 0.717) is 31.4 Å². The van der Waals surface area contributed by atoms with Crippen LogP contribution in [0.2, 0.25) is 0 Å². The molecule has 2 unspecified atom stereocenters. The van der Waals surface area contributed by atoms with Crippen molar-refractivity contribution in [3.05, 3.63) is 57.5 Å². The first kappa shape index (κ1) is 20.5. The molecule has 2 heterocycles. The van der Waals surface area contributed by atoms with E-state index in [1.807, 2.05) is 0 Å². The first-order valence-corrected chi connectivity index (χ1v) is 11.3. The van der Waals surface area contributed by atoms with Crippen molar-refractivity contribution < 1.29 is 22.7 Å². The van der Waals surface area contributed by atoms with E-state index in [4.69, 9.17) is 0 Å². The number of rotatable bonds is 5. The lowest BCUT2D eigenvalue weighted by Gasteiger charge is -2.35. The number of benzene rings is 1. The third kappa shape index (κ3) is 3.70. The third-order valence-electron chi connectivity index (χ3n) is 5.59. The van der Waals surface area contributed by atoms with Gasteiger partial charge >= 0.3 is 0 Å². The molecule has 1 fully saturated rings. The molecule has 2 aliphatic rings. The normalized spacial score (nSPS) is 22.5. The van der Waals surface area contributed by atoms with E-state index in [-0.39, 0.29) is 18.3 Å². The van der Waals surface area contributed by atoms with E-state index >= 15 is 0 Å². The molecular weight excluding hydrogens is 415 g/mol. The van der Waals surface area contributed by atoms with E-state index in [1.54, 1.807) is 0 Å². The van der Waals surface area contributed by atoms with Crippen molar-refractivity contribution in [2.45, 2.75) is 37.9 Å². The number of halogens is 1. The molecule has 2 atom stereocenters. The van der Waals surface area contributed by atoms with Gasteiger partial charge in [0.2, 0.25) is 15.8 Å². The highest BCUT2D eigenvalue weighted by Crippen LogP contribution is 2.46. The zero-order chi connectivity index (χ0) is 21.7. The molecule has 1 saturated carbocycles. The minimum Gasteiger partial charge on any atom is -0.501 e. The van der Waals surface area contributed by atoms with Crippen LogP contribution >= 0.6 is 0 Å². The van der Waals surface area contributed by atoms with Crippen LogP contribution in [0.1, 0.15) is 41.1 Å². The first-order chi connectivity index (χ1) is 14.1. The summed E-state index contributed by atoms with van der Waals surface area (Å²) in [4.78, 5) is 29.6. The minimum absolute atomic E-state index is 0.0352. The van der Waals surface area contributed by atoms with Gasteiger partial charge in [0, 0.05) is 13.1 Å². The second-order valence-corrected chi connectivity index (χ2v) is 9.67. The average Bonchev–Trinajstić information content (AvgIpc) is 3.00. The summed E-state index contributed by atoms with van der Waals surface area (Å²) in [5.74, 6) is -1.77. The van der Waals surface area contributed by atoms with Gasteiger partial charge in [-0.15, -0.1) is 0 Å². The van der Waals surface area contributed by atoms with Gasteiger partial charge in [0.05, 0.1) is 11.8 Å². The van der Waals surface area contributed by atoms with Gasteiger partial charge in [-0.25, -0.2) is 22.5 Å². The molecule has 160 valence electrons. The van der Waals surface area contributed by atoms with E-state index < -0.39 is 44.3 Å². The molecule has 3 N–H and O–H groups in total. The lowest BCUT2D eigenvalue weighted by Crippen LogP contribution is -2.50. The highest BCUT2D eigenvalue weighted by molar-refractivity contribution is 7.88. The van der Waals surface area contributed by atoms with Crippen LogP contribution in [0.5, 0.6) is 5.75 Å². The fourth-order valence-electron chi connectivity index (χ4n) is 4.36. The smallest absolute Gasteiger partial charge is 0.296 e. The first-order valence-electron chi connectivity index (χ1n) is 9.44. The highest BCUT2D eigenvalue weighted by atomic mass is 32.2. The molecule has 9 nitrogen and oxygen atoms in total. The van der Waals surface area contributed by atoms with Crippen molar-refractivity contribution >= 4 is 15.9 Å². The van der Waals surface area contributed by atoms with Crippen LogP contribution in [0.25, 0.3) is 0 Å². The van der Waals surface area contributed by atoms with Crippen molar-refractivity contribution in [3.63, 3.8) is 0 Å². The number of carbonyl (C=O) groups is 1. The molecule has 11 heteroatoms. The Bertz CT molecular complexity index is 1180. The Labute approximate surface area is 172 Å². The Morgan fingerprint density at radius 1 is 1.37 bits per heavy atom. The second kappa shape index (κ2) is 7.17. The lowest BCUT2D eigenvalue weighted by atomic mass is 9.92. The number of hydrogen-bond donors (Lipinski definition) is 3. The quantitative estimate of drug-likeness (QED) is 0.628. The summed E-state index contributed by atoms with van der Waals surface area (Å²) < 4.78 is 40.8. The number of aromatic hydroxyl groups is 1. The van der Waals surface area contributed by atoms with Crippen LogP contribution in [0.3, 0.4) is 0 Å². The zero-order valence-electron chi connectivity index (χ0n) is 16.2. The van der Waals surface area contributed by atoms with Crippen molar-refractivity contribution in [2.24, 2.45) is 5.92 Å². The van der Waals surface area contributed by atoms with Crippen LogP contribution in [-0.2, 0) is 28.7 Å². The Morgan fingerprint density at radius 3 is 2.73 bits per heavy atom. The van der Waals surface area contributed by atoms with Gasteiger partial charge in [0.15, 0.2) is 5.69 Å². The van der Waals surface area contributed by atoms with Crippen molar-refractivity contribution in [1.82, 2.24) is 19.6 Å². The van der Waals surface area contributed by atoms with Crippen LogP contribution in [-0.4, -0.2) is 35.2 Å². The molecule has 4 rings (SSSR count). The Morgan fingerprint density at radius 2 is 2.07 bits per heavy atom. The number of aromatic nitrogens is 2. The highest BCUT2D eigenvalue weighted by Gasteiger charge is 2.50. The number of sulfonamides is 1. The van der Waals surface area contributed by atoms with E-state index in [2.05, 4.69) is 15.0 Å². The summed E-state index contributed by atoms with van der Waals surface area (Å²) >= 11 is 0. The maximum Gasteiger partial charge on any atom is 0.296 e. The van der Waals surface area contributed by atoms with Gasteiger partial charge in [-0.2, -0.15) is 0 Å². The zero-order valence-corrected chi connectivity index (χ0v) is 17.0. The number of nitrogens with one attached hydrogen (secondary N) is 2. The molecule has 1 aliphatic carbocycles. The molecule has 30 heavy (non-hydrogen) atoms. The van der Waals surface area contributed by atoms with Gasteiger partial charge in [-0.05, 0) is 42.9 Å². The standard InChI is InChI=1S/C19H21FN4O5S/c1-30(28,29)23-19-7-6-12(8-19)10-24-17(27)15(25)14(22-18(19)24)16(26)21-9-11-2-4-13(20)5-3-11/h2-5,12,23,25H,6-10H2,1H3,(H,21,26). The Balaban J connectivity index is 1.70. The maximum atomic E-state index is 13.0. The van der Waals surface area contributed by atoms with Crippen LogP contribution < -0.4 is 15.6 Å². The largest absolute Gasteiger partial charge is 0.501 e. The van der Waals surface area contributed by atoms with Gasteiger partial charge in [-0.3, -0.25) is 14.2 Å². The van der Waals surface area contributed by atoms with Gasteiger partial charge in [-0.1, -0.05) is 12.1 Å². The molecule has 1 amide bonds. The lowest BCUT2D eigenvalue weighted by molar-refractivity contribution is 0.0940. The summed E-state index contributed by atoms with van der Waals surface area (Å²) in [6.45, 7) is 0.340. The number of nitrogens with zero attached hydrogens (tertiary/aromatic N) is 2. The Hall–Kier alpha value is -2.79. The van der Waals surface area contributed by atoms with Crippen molar-refractivity contribution in [2.75, 3.05) is 6.26 Å². The number of hydrogen-bond acceptors (Lipinski definition) is 6. The topological polar surface area (TPSA) is 130 Å². The fourth-order valence-corrected chi connectivity index (χ4v) is 5.35. The molecular formula is C19H21FN4O5S. The molecule has 0 spiro atoms. The van der Waals surface area contributed by atoms with Crippen molar-refractivity contribution in [1.29, 1.82) is 0 Å². The van der Waals surface area contributed by atoms with E-state index in [1.165, 1.54) is 28.8 Å². The number of amides is 1. The molecule has 2 aromatic rings. The van der Waals surface area contributed by atoms with Crippen LogP contribution in [0, 0.1) is 11.7 Å². The predicted octanol–water partition coefficient (Wildman–Crippen LogP) is 0.576. The van der Waals surface area contributed by atoms with Crippen LogP contribution in [0.15, 0.2) is 29.1 Å².